The van der Waals surface area contributed by atoms with Gasteiger partial charge in [-0.05, 0) is 17.7 Å². The molecular formula is C11H12ClN3O4S. The average Bonchev–Trinajstić information content (AvgIpc) is 2.91. The molecule has 0 amide bonds. The van der Waals surface area contributed by atoms with Gasteiger partial charge in [0.15, 0.2) is 6.33 Å². The van der Waals surface area contributed by atoms with Gasteiger partial charge in [-0.2, -0.15) is 4.98 Å². The molecule has 1 heterocycles. The fraction of sp³-hybridized carbons (Fsp3) is 0.273. The van der Waals surface area contributed by atoms with Gasteiger partial charge < -0.3 is 9.63 Å². The summed E-state index contributed by atoms with van der Waals surface area (Å²) < 4.78 is 31.2. The predicted molar refractivity (Wildman–Crippen MR) is 70.6 cm³/mol. The van der Waals surface area contributed by atoms with Crippen molar-refractivity contribution in [2.24, 2.45) is 0 Å². The zero-order chi connectivity index (χ0) is 14.6. The van der Waals surface area contributed by atoms with Crippen LogP contribution in [0.1, 0.15) is 11.5 Å². The topological polar surface area (TPSA) is 105 Å². The highest BCUT2D eigenvalue weighted by Crippen LogP contribution is 2.20. The van der Waals surface area contributed by atoms with Gasteiger partial charge in [-0.1, -0.05) is 22.8 Å². The van der Waals surface area contributed by atoms with Gasteiger partial charge >= 0.3 is 0 Å². The molecule has 0 fully saturated rings. The number of benzene rings is 1. The van der Waals surface area contributed by atoms with Crippen LogP contribution in [0.15, 0.2) is 33.9 Å². The molecule has 2 aromatic rings. The van der Waals surface area contributed by atoms with Crippen molar-refractivity contribution in [3.05, 3.63) is 41.0 Å². The van der Waals surface area contributed by atoms with E-state index in [1.165, 1.54) is 24.5 Å². The summed E-state index contributed by atoms with van der Waals surface area (Å²) in [5.41, 5.74) is 0.469. The molecule has 0 aliphatic carbocycles. The van der Waals surface area contributed by atoms with Crippen molar-refractivity contribution in [2.45, 2.75) is 17.9 Å². The largest absolute Gasteiger partial charge is 0.392 e. The fourth-order valence-electron chi connectivity index (χ4n) is 1.51. The summed E-state index contributed by atoms with van der Waals surface area (Å²) in [7, 11) is -3.67. The van der Waals surface area contributed by atoms with E-state index in [9.17, 15) is 8.42 Å². The van der Waals surface area contributed by atoms with Crippen LogP contribution in [0.2, 0.25) is 5.02 Å². The van der Waals surface area contributed by atoms with Crippen molar-refractivity contribution in [3.8, 4) is 0 Å². The molecule has 0 aliphatic heterocycles. The lowest BCUT2D eigenvalue weighted by Crippen LogP contribution is -2.26. The summed E-state index contributed by atoms with van der Waals surface area (Å²) >= 11 is 5.87. The van der Waals surface area contributed by atoms with Gasteiger partial charge in [-0.15, -0.1) is 0 Å². The van der Waals surface area contributed by atoms with E-state index in [2.05, 4.69) is 14.9 Å². The summed E-state index contributed by atoms with van der Waals surface area (Å²) in [4.78, 5) is 3.82. The third kappa shape index (κ3) is 3.54. The Labute approximate surface area is 120 Å². The Morgan fingerprint density at radius 1 is 1.40 bits per heavy atom. The van der Waals surface area contributed by atoms with Crippen LogP contribution in [-0.4, -0.2) is 30.2 Å². The highest BCUT2D eigenvalue weighted by molar-refractivity contribution is 7.89. The molecule has 0 radical (unpaired) electrons. The molecule has 9 heteroatoms. The lowest BCUT2D eigenvalue weighted by Gasteiger charge is -2.07. The van der Waals surface area contributed by atoms with E-state index in [1.54, 1.807) is 0 Å². The fourth-order valence-corrected chi connectivity index (χ4v) is 2.87. The van der Waals surface area contributed by atoms with Gasteiger partial charge in [0, 0.05) is 18.0 Å². The first-order chi connectivity index (χ1) is 9.53. The van der Waals surface area contributed by atoms with E-state index >= 15 is 0 Å². The zero-order valence-corrected chi connectivity index (χ0v) is 11.9. The minimum atomic E-state index is -3.67. The number of rotatable bonds is 6. The first kappa shape index (κ1) is 14.9. The first-order valence-corrected chi connectivity index (χ1v) is 7.53. The highest BCUT2D eigenvalue weighted by Gasteiger charge is 2.15. The van der Waals surface area contributed by atoms with Crippen LogP contribution in [0, 0.1) is 0 Å². The monoisotopic (exact) mass is 317 g/mol. The second-order valence-electron chi connectivity index (χ2n) is 3.89. The Hall–Kier alpha value is -1.48. The second kappa shape index (κ2) is 6.31. The maximum Gasteiger partial charge on any atom is 0.240 e. The molecule has 7 nitrogen and oxygen atoms in total. The lowest BCUT2D eigenvalue weighted by molar-refractivity contribution is 0.282. The number of aromatic nitrogens is 2. The molecule has 2 N–H and O–H groups in total. The maximum absolute atomic E-state index is 12.0. The van der Waals surface area contributed by atoms with Crippen molar-refractivity contribution < 1.29 is 18.0 Å². The summed E-state index contributed by atoms with van der Waals surface area (Å²) in [5.74, 6) is 0.348. The van der Waals surface area contributed by atoms with E-state index in [1.807, 2.05) is 0 Å². The summed E-state index contributed by atoms with van der Waals surface area (Å²) in [6, 6.07) is 4.14. The smallest absolute Gasteiger partial charge is 0.240 e. The quantitative estimate of drug-likeness (QED) is 0.814. The normalized spacial score (nSPS) is 11.7. The number of hydrogen-bond acceptors (Lipinski definition) is 6. The van der Waals surface area contributed by atoms with Crippen molar-refractivity contribution >= 4 is 21.6 Å². The molecular weight excluding hydrogens is 306 g/mol. The van der Waals surface area contributed by atoms with Gasteiger partial charge in [-0.25, -0.2) is 13.1 Å². The Bertz CT molecular complexity index is 673. The Morgan fingerprint density at radius 3 is 2.80 bits per heavy atom. The standard InChI is InChI=1S/C11H12ClN3O4S/c12-10-5-9(2-1-8(10)6-16)20(17,18)15-4-3-11-13-7-14-19-11/h1-2,5,7,15-16H,3-4,6H2. The molecule has 108 valence electrons. The Kier molecular flexibility index (Phi) is 4.71. The van der Waals surface area contributed by atoms with Gasteiger partial charge in [-0.3, -0.25) is 0 Å². The maximum atomic E-state index is 12.0. The van der Waals surface area contributed by atoms with Crippen LogP contribution in [0.25, 0.3) is 0 Å². The molecule has 2 rings (SSSR count). The lowest BCUT2D eigenvalue weighted by atomic mass is 10.2. The number of halogens is 1. The van der Waals surface area contributed by atoms with Crippen LogP contribution < -0.4 is 4.72 Å². The number of nitrogens with one attached hydrogen (secondary N) is 1. The molecule has 0 atom stereocenters. The van der Waals surface area contributed by atoms with Crippen molar-refractivity contribution in [1.82, 2.24) is 14.9 Å². The number of nitrogens with zero attached hydrogens (tertiary/aromatic N) is 2. The van der Waals surface area contributed by atoms with Gasteiger partial charge in [0.05, 0.1) is 11.5 Å². The van der Waals surface area contributed by atoms with Crippen molar-refractivity contribution in [3.63, 3.8) is 0 Å². The molecule has 0 saturated carbocycles. The molecule has 1 aromatic carbocycles. The molecule has 0 aliphatic rings. The minimum Gasteiger partial charge on any atom is -0.392 e. The van der Waals surface area contributed by atoms with Crippen LogP contribution in [0.5, 0.6) is 0 Å². The summed E-state index contributed by atoms with van der Waals surface area (Å²) in [6.45, 7) is -0.117. The third-order valence-electron chi connectivity index (χ3n) is 2.54. The van der Waals surface area contributed by atoms with E-state index in [0.717, 1.165) is 0 Å². The molecule has 0 bridgehead atoms. The van der Waals surface area contributed by atoms with E-state index in [-0.39, 0.29) is 23.1 Å². The van der Waals surface area contributed by atoms with Crippen LogP contribution in [0.4, 0.5) is 0 Å². The summed E-state index contributed by atoms with van der Waals surface area (Å²) in [6.07, 6.45) is 1.54. The summed E-state index contributed by atoms with van der Waals surface area (Å²) in [5, 5.41) is 12.6. The van der Waals surface area contributed by atoms with Crippen molar-refractivity contribution in [2.75, 3.05) is 6.54 Å². The Morgan fingerprint density at radius 2 is 2.20 bits per heavy atom. The average molecular weight is 318 g/mol. The minimum absolute atomic E-state index is 0.0326. The van der Waals surface area contributed by atoms with Crippen LogP contribution in [0.3, 0.4) is 0 Å². The van der Waals surface area contributed by atoms with E-state index in [0.29, 0.717) is 17.9 Å². The third-order valence-corrected chi connectivity index (χ3v) is 4.35. The highest BCUT2D eigenvalue weighted by atomic mass is 35.5. The molecule has 20 heavy (non-hydrogen) atoms. The van der Waals surface area contributed by atoms with Crippen LogP contribution >= 0.6 is 11.6 Å². The molecule has 0 saturated heterocycles. The molecule has 1 aromatic heterocycles. The Balaban J connectivity index is 2.04. The molecule has 0 unspecified atom stereocenters. The van der Waals surface area contributed by atoms with Gasteiger partial charge in [0.1, 0.15) is 0 Å². The van der Waals surface area contributed by atoms with E-state index < -0.39 is 10.0 Å². The van der Waals surface area contributed by atoms with Crippen molar-refractivity contribution in [1.29, 1.82) is 0 Å². The molecule has 0 spiro atoms. The number of aliphatic hydroxyl groups excluding tert-OH is 1. The predicted octanol–water partition coefficient (Wildman–Crippen LogP) is 0.736. The second-order valence-corrected chi connectivity index (χ2v) is 6.07. The number of sulfonamides is 1. The number of aliphatic hydroxyl groups is 1. The van der Waals surface area contributed by atoms with Crippen LogP contribution in [-0.2, 0) is 23.1 Å². The number of hydrogen-bond donors (Lipinski definition) is 2. The zero-order valence-electron chi connectivity index (χ0n) is 10.3. The van der Waals surface area contributed by atoms with Gasteiger partial charge in [0.2, 0.25) is 15.9 Å². The first-order valence-electron chi connectivity index (χ1n) is 5.67. The van der Waals surface area contributed by atoms with Gasteiger partial charge in [0.25, 0.3) is 0 Å². The van der Waals surface area contributed by atoms with E-state index in [4.69, 9.17) is 21.2 Å². The SMILES string of the molecule is O=S(=O)(NCCc1ncno1)c1ccc(CO)c(Cl)c1.